The van der Waals surface area contributed by atoms with E-state index in [9.17, 15) is 4.79 Å². The van der Waals surface area contributed by atoms with Crippen molar-refractivity contribution >= 4 is 5.91 Å². The number of benzene rings is 1. The molecule has 2 aromatic rings. The summed E-state index contributed by atoms with van der Waals surface area (Å²) in [4.78, 5) is 11.9. The zero-order valence-electron chi connectivity index (χ0n) is 13.8. The van der Waals surface area contributed by atoms with E-state index in [0.717, 1.165) is 30.6 Å². The van der Waals surface area contributed by atoms with Gasteiger partial charge >= 0.3 is 0 Å². The SMILES string of the molecule is CCCCCNC(=O)Cc1cc(-c2ccc3c(c2)OCCO3)on1. The van der Waals surface area contributed by atoms with Gasteiger partial charge in [-0.25, -0.2) is 0 Å². The highest BCUT2D eigenvalue weighted by Crippen LogP contribution is 2.34. The molecule has 2 heterocycles. The van der Waals surface area contributed by atoms with Crippen molar-refractivity contribution in [1.82, 2.24) is 10.5 Å². The van der Waals surface area contributed by atoms with Crippen LogP contribution in [-0.2, 0) is 11.2 Å². The fourth-order valence-corrected chi connectivity index (χ4v) is 2.56. The van der Waals surface area contributed by atoms with E-state index >= 15 is 0 Å². The second-order valence-electron chi connectivity index (χ2n) is 5.77. The number of carbonyl (C=O) groups excluding carboxylic acids is 1. The van der Waals surface area contributed by atoms with E-state index in [1.807, 2.05) is 18.2 Å². The maximum absolute atomic E-state index is 11.9. The van der Waals surface area contributed by atoms with Crippen LogP contribution in [0.15, 0.2) is 28.8 Å². The van der Waals surface area contributed by atoms with E-state index in [1.165, 1.54) is 0 Å². The summed E-state index contributed by atoms with van der Waals surface area (Å²) in [7, 11) is 0. The first-order valence-corrected chi connectivity index (χ1v) is 8.38. The smallest absolute Gasteiger partial charge is 0.226 e. The molecule has 6 nitrogen and oxygen atoms in total. The molecule has 0 fully saturated rings. The average molecular weight is 330 g/mol. The number of hydrogen-bond donors (Lipinski definition) is 1. The van der Waals surface area contributed by atoms with Gasteiger partial charge in [-0.3, -0.25) is 4.79 Å². The Morgan fingerprint density at radius 1 is 1.17 bits per heavy atom. The van der Waals surface area contributed by atoms with E-state index in [-0.39, 0.29) is 12.3 Å². The number of unbranched alkanes of at least 4 members (excludes halogenated alkanes) is 2. The second kappa shape index (κ2) is 7.86. The van der Waals surface area contributed by atoms with Crippen LogP contribution in [0.4, 0.5) is 0 Å². The third-order valence-electron chi connectivity index (χ3n) is 3.83. The van der Waals surface area contributed by atoms with Crippen LogP contribution in [0.25, 0.3) is 11.3 Å². The Balaban J connectivity index is 1.60. The Hall–Kier alpha value is -2.50. The molecule has 0 radical (unpaired) electrons. The lowest BCUT2D eigenvalue weighted by Crippen LogP contribution is -2.26. The van der Waals surface area contributed by atoms with Crippen LogP contribution in [0.3, 0.4) is 0 Å². The average Bonchev–Trinajstić information content (AvgIpc) is 3.07. The lowest BCUT2D eigenvalue weighted by Gasteiger charge is -2.18. The van der Waals surface area contributed by atoms with E-state index in [4.69, 9.17) is 14.0 Å². The van der Waals surface area contributed by atoms with Crippen molar-refractivity contribution in [3.63, 3.8) is 0 Å². The first-order valence-electron chi connectivity index (χ1n) is 8.38. The molecule has 1 aliphatic heterocycles. The van der Waals surface area contributed by atoms with Gasteiger partial charge in [0.05, 0.1) is 12.1 Å². The van der Waals surface area contributed by atoms with Crippen molar-refractivity contribution in [1.29, 1.82) is 0 Å². The topological polar surface area (TPSA) is 73.6 Å². The molecule has 3 rings (SSSR count). The van der Waals surface area contributed by atoms with Gasteiger partial charge in [-0.05, 0) is 24.6 Å². The van der Waals surface area contributed by atoms with Crippen molar-refractivity contribution < 1.29 is 18.8 Å². The van der Waals surface area contributed by atoms with Crippen LogP contribution in [0.5, 0.6) is 11.5 Å². The molecule has 1 aliphatic rings. The summed E-state index contributed by atoms with van der Waals surface area (Å²) in [6, 6.07) is 7.40. The summed E-state index contributed by atoms with van der Waals surface area (Å²) in [6.07, 6.45) is 3.49. The largest absolute Gasteiger partial charge is 0.486 e. The molecular formula is C18H22N2O4. The Bertz CT molecular complexity index is 696. The molecule has 24 heavy (non-hydrogen) atoms. The minimum atomic E-state index is -0.0341. The first kappa shape index (κ1) is 16.4. The van der Waals surface area contributed by atoms with Gasteiger partial charge in [-0.1, -0.05) is 24.9 Å². The predicted molar refractivity (Wildman–Crippen MR) is 89.2 cm³/mol. The zero-order chi connectivity index (χ0) is 16.8. The molecule has 0 spiro atoms. The summed E-state index contributed by atoms with van der Waals surface area (Å²) < 4.78 is 16.4. The summed E-state index contributed by atoms with van der Waals surface area (Å²) in [5.74, 6) is 2.01. The van der Waals surface area contributed by atoms with Crippen LogP contribution in [0.1, 0.15) is 31.9 Å². The van der Waals surface area contributed by atoms with Crippen molar-refractivity contribution in [2.24, 2.45) is 0 Å². The summed E-state index contributed by atoms with van der Waals surface area (Å²) >= 11 is 0. The minimum Gasteiger partial charge on any atom is -0.486 e. The molecule has 0 unspecified atom stereocenters. The van der Waals surface area contributed by atoms with Crippen molar-refractivity contribution in [3.05, 3.63) is 30.0 Å². The van der Waals surface area contributed by atoms with Gasteiger partial charge in [0.15, 0.2) is 17.3 Å². The van der Waals surface area contributed by atoms with Crippen LogP contribution in [-0.4, -0.2) is 30.8 Å². The Kier molecular flexibility index (Phi) is 5.36. The van der Waals surface area contributed by atoms with Crippen LogP contribution in [0.2, 0.25) is 0 Å². The van der Waals surface area contributed by atoms with E-state index < -0.39 is 0 Å². The monoisotopic (exact) mass is 330 g/mol. The fourth-order valence-electron chi connectivity index (χ4n) is 2.56. The Labute approximate surface area is 141 Å². The van der Waals surface area contributed by atoms with Gasteiger partial charge in [0.25, 0.3) is 0 Å². The Morgan fingerprint density at radius 3 is 2.83 bits per heavy atom. The van der Waals surface area contributed by atoms with Gasteiger partial charge < -0.3 is 19.3 Å². The highest BCUT2D eigenvalue weighted by molar-refractivity contribution is 5.78. The molecule has 0 aliphatic carbocycles. The van der Waals surface area contributed by atoms with Crippen molar-refractivity contribution in [2.75, 3.05) is 19.8 Å². The summed E-state index contributed by atoms with van der Waals surface area (Å²) in [5.41, 5.74) is 1.47. The van der Waals surface area contributed by atoms with E-state index in [2.05, 4.69) is 17.4 Å². The number of nitrogens with one attached hydrogen (secondary N) is 1. The quantitative estimate of drug-likeness (QED) is 0.790. The highest BCUT2D eigenvalue weighted by Gasteiger charge is 2.15. The van der Waals surface area contributed by atoms with Gasteiger partial charge in [0, 0.05) is 18.2 Å². The second-order valence-corrected chi connectivity index (χ2v) is 5.77. The Morgan fingerprint density at radius 2 is 2.00 bits per heavy atom. The van der Waals surface area contributed by atoms with E-state index in [1.54, 1.807) is 6.07 Å². The van der Waals surface area contributed by atoms with Crippen molar-refractivity contribution in [3.8, 4) is 22.8 Å². The normalized spacial score (nSPS) is 12.9. The molecule has 1 aromatic carbocycles. The molecule has 6 heteroatoms. The number of ether oxygens (including phenoxy) is 2. The molecule has 1 N–H and O–H groups in total. The number of hydrogen-bond acceptors (Lipinski definition) is 5. The predicted octanol–water partition coefficient (Wildman–Crippen LogP) is 2.96. The standard InChI is InChI=1S/C18H22N2O4/c1-2-3-4-7-19-18(21)12-14-11-16(24-20-14)13-5-6-15-17(10-13)23-9-8-22-15/h5-6,10-11H,2-4,7-9,12H2,1H3,(H,19,21). The lowest BCUT2D eigenvalue weighted by molar-refractivity contribution is -0.120. The lowest BCUT2D eigenvalue weighted by atomic mass is 10.1. The molecule has 1 amide bonds. The molecule has 0 saturated heterocycles. The van der Waals surface area contributed by atoms with Crippen LogP contribution < -0.4 is 14.8 Å². The molecule has 0 bridgehead atoms. The molecule has 128 valence electrons. The maximum Gasteiger partial charge on any atom is 0.226 e. The van der Waals surface area contributed by atoms with Gasteiger partial charge in [-0.2, -0.15) is 0 Å². The summed E-state index contributed by atoms with van der Waals surface area (Å²) in [6.45, 7) is 3.94. The summed E-state index contributed by atoms with van der Waals surface area (Å²) in [5, 5.41) is 6.88. The highest BCUT2D eigenvalue weighted by atomic mass is 16.6. The number of carbonyl (C=O) groups is 1. The number of amides is 1. The van der Waals surface area contributed by atoms with Gasteiger partial charge in [0.2, 0.25) is 5.91 Å². The van der Waals surface area contributed by atoms with Gasteiger partial charge in [0.1, 0.15) is 13.2 Å². The third kappa shape index (κ3) is 4.07. The zero-order valence-corrected chi connectivity index (χ0v) is 13.8. The molecule has 0 atom stereocenters. The first-order chi connectivity index (χ1) is 11.8. The van der Waals surface area contributed by atoms with Gasteiger partial charge in [-0.15, -0.1) is 0 Å². The number of fused-ring (bicyclic) bond motifs is 1. The number of aromatic nitrogens is 1. The molecule has 1 aromatic heterocycles. The fraction of sp³-hybridized carbons (Fsp3) is 0.444. The molecule has 0 saturated carbocycles. The van der Waals surface area contributed by atoms with Crippen LogP contribution in [0, 0.1) is 0 Å². The minimum absolute atomic E-state index is 0.0341. The van der Waals surface area contributed by atoms with E-state index in [0.29, 0.717) is 37.0 Å². The van der Waals surface area contributed by atoms with Crippen LogP contribution >= 0.6 is 0 Å². The van der Waals surface area contributed by atoms with Crippen molar-refractivity contribution in [2.45, 2.75) is 32.6 Å². The maximum atomic E-state index is 11.9. The third-order valence-corrected chi connectivity index (χ3v) is 3.83. The number of nitrogens with zero attached hydrogens (tertiary/aromatic N) is 1. The molecular weight excluding hydrogens is 308 g/mol. The number of rotatable bonds is 7.